The van der Waals surface area contributed by atoms with Gasteiger partial charge in [0.15, 0.2) is 11.5 Å². The molecule has 0 bridgehead atoms. The van der Waals surface area contributed by atoms with Crippen LogP contribution in [-0.4, -0.2) is 48.2 Å². The predicted molar refractivity (Wildman–Crippen MR) is 150 cm³/mol. The molecule has 2 N–H and O–H groups in total. The molecule has 192 valence electrons. The first-order valence-corrected chi connectivity index (χ1v) is 12.8. The Morgan fingerprint density at radius 3 is 2.33 bits per heavy atom. The molecule has 0 atom stereocenters. The van der Waals surface area contributed by atoms with Crippen LogP contribution in [0.25, 0.3) is 22.2 Å². The molecule has 1 fully saturated rings. The minimum Gasteiger partial charge on any atom is -0.478 e. The van der Waals surface area contributed by atoms with Gasteiger partial charge in [-0.05, 0) is 36.4 Å². The highest BCUT2D eigenvalue weighted by Crippen LogP contribution is 2.46. The van der Waals surface area contributed by atoms with E-state index in [1.54, 1.807) is 24.3 Å². The van der Waals surface area contributed by atoms with Gasteiger partial charge in [-0.1, -0.05) is 53.7 Å². The van der Waals surface area contributed by atoms with E-state index in [4.69, 9.17) is 4.52 Å². The van der Waals surface area contributed by atoms with Gasteiger partial charge in [-0.2, -0.15) is 0 Å². The van der Waals surface area contributed by atoms with Crippen molar-refractivity contribution in [2.45, 2.75) is 0 Å². The summed E-state index contributed by atoms with van der Waals surface area (Å²) in [5, 5.41) is 18.0. The van der Waals surface area contributed by atoms with Gasteiger partial charge in [0.2, 0.25) is 0 Å². The minimum absolute atomic E-state index is 0.122. The Morgan fingerprint density at radius 1 is 0.846 bits per heavy atom. The summed E-state index contributed by atoms with van der Waals surface area (Å²) in [4.78, 5) is 30.1. The van der Waals surface area contributed by atoms with E-state index in [0.717, 1.165) is 37.4 Å². The van der Waals surface area contributed by atoms with E-state index in [2.05, 4.69) is 32.4 Å². The molecule has 1 aromatic heterocycles. The number of fused-ring (bicyclic) bond motifs is 2. The third kappa shape index (κ3) is 3.80. The van der Waals surface area contributed by atoms with Gasteiger partial charge in [0.1, 0.15) is 5.52 Å². The minimum atomic E-state index is -1.02. The number of carbonyl (C=O) groups is 2. The molecule has 0 saturated carbocycles. The van der Waals surface area contributed by atoms with Crippen molar-refractivity contribution in [3.05, 3.63) is 102 Å². The number of aromatic carboxylic acids is 1. The van der Waals surface area contributed by atoms with E-state index in [9.17, 15) is 14.7 Å². The average molecular weight is 517 g/mol. The van der Waals surface area contributed by atoms with Crippen molar-refractivity contribution in [2.24, 2.45) is 0 Å². The van der Waals surface area contributed by atoms with Crippen LogP contribution in [0.4, 0.5) is 22.7 Å². The molecule has 0 unspecified atom stereocenters. The number of ketones is 1. The summed E-state index contributed by atoms with van der Waals surface area (Å²) in [6, 6.07) is 26.3. The van der Waals surface area contributed by atoms with Crippen LogP contribution in [0.3, 0.4) is 0 Å². The topological polar surface area (TPSA) is 98.9 Å². The van der Waals surface area contributed by atoms with Gasteiger partial charge in [0.25, 0.3) is 0 Å². The number of piperazine rings is 1. The molecule has 39 heavy (non-hydrogen) atoms. The van der Waals surface area contributed by atoms with Crippen molar-refractivity contribution in [3.63, 3.8) is 0 Å². The molecular formula is C31H24N4O4. The van der Waals surface area contributed by atoms with E-state index in [0.29, 0.717) is 39.2 Å². The van der Waals surface area contributed by atoms with Crippen molar-refractivity contribution in [2.75, 3.05) is 41.3 Å². The first kappa shape index (κ1) is 23.0. The molecule has 1 aliphatic carbocycles. The predicted octanol–water partition coefficient (Wildman–Crippen LogP) is 5.81. The number of benzene rings is 4. The van der Waals surface area contributed by atoms with Crippen LogP contribution in [-0.2, 0) is 0 Å². The molecule has 1 aliphatic heterocycles. The molecule has 0 amide bonds. The van der Waals surface area contributed by atoms with E-state index >= 15 is 0 Å². The van der Waals surface area contributed by atoms with Gasteiger partial charge in [0.05, 0.1) is 27.9 Å². The number of nitrogens with zero attached hydrogens (tertiary/aromatic N) is 3. The second-order valence-corrected chi connectivity index (χ2v) is 9.75. The largest absolute Gasteiger partial charge is 0.478 e. The van der Waals surface area contributed by atoms with Crippen LogP contribution in [0.1, 0.15) is 26.3 Å². The Bertz CT molecular complexity index is 1750. The zero-order chi connectivity index (χ0) is 26.5. The molecule has 0 radical (unpaired) electrons. The third-order valence-corrected chi connectivity index (χ3v) is 7.51. The van der Waals surface area contributed by atoms with E-state index in [1.807, 2.05) is 42.5 Å². The van der Waals surface area contributed by atoms with Crippen LogP contribution in [0.2, 0.25) is 0 Å². The molecule has 8 nitrogen and oxygen atoms in total. The van der Waals surface area contributed by atoms with Crippen molar-refractivity contribution in [3.8, 4) is 11.3 Å². The fraction of sp³-hybridized carbons (Fsp3) is 0.129. The average Bonchev–Trinajstić information content (AvgIpc) is 3.42. The number of aromatic nitrogens is 1. The fourth-order valence-corrected chi connectivity index (χ4v) is 5.61. The maximum Gasteiger partial charge on any atom is 0.335 e. The Hall–Kier alpha value is -5.11. The number of carboxylic acids is 1. The van der Waals surface area contributed by atoms with Crippen molar-refractivity contribution in [1.29, 1.82) is 0 Å². The Kier molecular flexibility index (Phi) is 5.33. The maximum atomic E-state index is 13.8. The molecule has 2 aliphatic rings. The van der Waals surface area contributed by atoms with E-state index in [1.165, 1.54) is 11.8 Å². The quantitative estimate of drug-likeness (QED) is 0.296. The summed E-state index contributed by atoms with van der Waals surface area (Å²) in [5.74, 6) is -0.565. The number of carboxylic acid groups (broad SMARTS) is 1. The third-order valence-electron chi connectivity index (χ3n) is 7.51. The molecule has 8 heteroatoms. The summed E-state index contributed by atoms with van der Waals surface area (Å²) in [6.07, 6.45) is 0. The van der Waals surface area contributed by atoms with Crippen molar-refractivity contribution in [1.82, 2.24) is 5.16 Å². The first-order valence-electron chi connectivity index (χ1n) is 12.8. The molecule has 7 rings (SSSR count). The summed E-state index contributed by atoms with van der Waals surface area (Å²) >= 11 is 0. The van der Waals surface area contributed by atoms with Crippen LogP contribution in [0.5, 0.6) is 0 Å². The Labute approximate surface area is 224 Å². The van der Waals surface area contributed by atoms with Crippen LogP contribution in [0, 0.1) is 0 Å². The van der Waals surface area contributed by atoms with Crippen molar-refractivity contribution < 1.29 is 19.2 Å². The van der Waals surface area contributed by atoms with Gasteiger partial charge < -0.3 is 24.7 Å². The standard InChI is InChI=1S/C31H24N4O4/c36-29-22-11-4-5-12-23(22)30-27-26(29)24(32-20-8-6-7-19(17-20)31(37)38)18-25(28(27)33-39-30)35-15-13-34(14-16-35)21-9-2-1-3-10-21/h1-12,17-18,32H,13-16H2,(H,37,38). The van der Waals surface area contributed by atoms with Crippen LogP contribution >= 0.6 is 0 Å². The molecular weight excluding hydrogens is 492 g/mol. The summed E-state index contributed by atoms with van der Waals surface area (Å²) in [7, 11) is 0. The van der Waals surface area contributed by atoms with E-state index < -0.39 is 5.97 Å². The molecule has 1 saturated heterocycles. The second-order valence-electron chi connectivity index (χ2n) is 9.75. The smallest absolute Gasteiger partial charge is 0.335 e. The lowest BCUT2D eigenvalue weighted by Gasteiger charge is -2.37. The lowest BCUT2D eigenvalue weighted by Crippen LogP contribution is -2.46. The number of carbonyl (C=O) groups excluding carboxylic acids is 1. The lowest BCUT2D eigenvalue weighted by atomic mass is 9.86. The highest BCUT2D eigenvalue weighted by atomic mass is 16.5. The normalized spacial score (nSPS) is 14.4. The highest BCUT2D eigenvalue weighted by Gasteiger charge is 2.34. The van der Waals surface area contributed by atoms with Crippen LogP contribution in [0.15, 0.2) is 89.5 Å². The number of hydrogen-bond donors (Lipinski definition) is 2. The molecule has 0 spiro atoms. The second kappa shape index (κ2) is 9.02. The highest BCUT2D eigenvalue weighted by molar-refractivity contribution is 6.28. The lowest BCUT2D eigenvalue weighted by molar-refractivity contribution is 0.0696. The molecule has 2 heterocycles. The SMILES string of the molecule is O=C(O)c1cccc(Nc2cc(N3CCN(c4ccccc4)CC3)c3noc4c3c2C(=O)c2ccccc2-4)c1. The zero-order valence-electron chi connectivity index (χ0n) is 20.9. The maximum absolute atomic E-state index is 13.8. The molecule has 4 aromatic carbocycles. The number of nitrogens with one attached hydrogen (secondary N) is 1. The summed E-state index contributed by atoms with van der Waals surface area (Å²) < 4.78 is 5.90. The number of anilines is 4. The number of para-hydroxylation sites is 1. The van der Waals surface area contributed by atoms with E-state index in [-0.39, 0.29) is 11.3 Å². The summed E-state index contributed by atoms with van der Waals surface area (Å²) in [6.45, 7) is 3.21. The van der Waals surface area contributed by atoms with Crippen molar-refractivity contribution >= 4 is 45.4 Å². The van der Waals surface area contributed by atoms with Gasteiger partial charge >= 0.3 is 5.97 Å². The number of rotatable bonds is 5. The van der Waals surface area contributed by atoms with Crippen LogP contribution < -0.4 is 15.1 Å². The molecule has 5 aromatic rings. The fourth-order valence-electron chi connectivity index (χ4n) is 5.61. The summed E-state index contributed by atoms with van der Waals surface area (Å²) in [5.41, 5.74) is 5.81. The first-order chi connectivity index (χ1) is 19.1. The number of hydrogen-bond acceptors (Lipinski definition) is 7. The Morgan fingerprint density at radius 2 is 1.56 bits per heavy atom. The Balaban J connectivity index is 1.34. The van der Waals surface area contributed by atoms with Gasteiger partial charge in [-0.25, -0.2) is 4.79 Å². The van der Waals surface area contributed by atoms with Gasteiger partial charge in [0, 0.05) is 48.7 Å². The monoisotopic (exact) mass is 516 g/mol. The van der Waals surface area contributed by atoms with Gasteiger partial charge in [-0.15, -0.1) is 0 Å². The zero-order valence-corrected chi connectivity index (χ0v) is 20.9. The van der Waals surface area contributed by atoms with Gasteiger partial charge in [-0.3, -0.25) is 4.79 Å².